The maximum atomic E-state index is 11.4. The summed E-state index contributed by atoms with van der Waals surface area (Å²) in [7, 11) is 1.38. The van der Waals surface area contributed by atoms with Gasteiger partial charge in [-0.05, 0) is 18.2 Å². The van der Waals surface area contributed by atoms with Crippen LogP contribution in [-0.4, -0.2) is 23.2 Å². The van der Waals surface area contributed by atoms with Gasteiger partial charge in [0.2, 0.25) is 5.88 Å². The van der Waals surface area contributed by atoms with Crippen molar-refractivity contribution in [1.29, 1.82) is 0 Å². The highest BCUT2D eigenvalue weighted by atomic mass is 35.5. The van der Waals surface area contributed by atoms with E-state index < -0.39 is 5.97 Å². The van der Waals surface area contributed by atoms with Crippen molar-refractivity contribution >= 4 is 40.8 Å². The van der Waals surface area contributed by atoms with Crippen LogP contribution in [0.4, 0.5) is 0 Å². The van der Waals surface area contributed by atoms with E-state index in [0.717, 1.165) is 0 Å². The first-order valence-electron chi connectivity index (χ1n) is 5.37. The Kier molecular flexibility index (Phi) is 4.38. The lowest BCUT2D eigenvalue weighted by Crippen LogP contribution is -2.03. The Labute approximate surface area is 129 Å². The fourth-order valence-corrected chi connectivity index (χ4v) is 2.80. The highest BCUT2D eigenvalue weighted by Crippen LogP contribution is 2.42. The van der Waals surface area contributed by atoms with Gasteiger partial charge < -0.3 is 9.84 Å². The van der Waals surface area contributed by atoms with Gasteiger partial charge in [-0.15, -0.1) is 0 Å². The molecule has 0 spiro atoms. The third-order valence-corrected chi connectivity index (χ3v) is 3.41. The molecule has 4 nitrogen and oxygen atoms in total. The molecule has 0 radical (unpaired) electrons. The van der Waals surface area contributed by atoms with Crippen molar-refractivity contribution in [1.82, 2.24) is 4.98 Å². The van der Waals surface area contributed by atoms with Crippen molar-refractivity contribution in [3.8, 4) is 17.0 Å². The number of hydrogen-bond acceptors (Lipinski definition) is 3. The first-order valence-corrected chi connectivity index (χ1v) is 6.50. The first kappa shape index (κ1) is 14.9. The van der Waals surface area contributed by atoms with Crippen LogP contribution in [0.1, 0.15) is 10.4 Å². The largest absolute Gasteiger partial charge is 0.481 e. The first-order chi connectivity index (χ1) is 9.45. The zero-order valence-corrected chi connectivity index (χ0v) is 12.4. The van der Waals surface area contributed by atoms with Gasteiger partial charge in [0.15, 0.2) is 0 Å². The summed E-state index contributed by atoms with van der Waals surface area (Å²) < 4.78 is 5.11. The van der Waals surface area contributed by atoms with Crippen molar-refractivity contribution in [2.24, 2.45) is 0 Å². The molecule has 1 heterocycles. The molecule has 0 aliphatic carbocycles. The van der Waals surface area contributed by atoms with Crippen molar-refractivity contribution in [2.45, 2.75) is 0 Å². The second kappa shape index (κ2) is 5.87. The molecular weight excluding hydrogens is 325 g/mol. The number of methoxy groups -OCH3 is 1. The van der Waals surface area contributed by atoms with Gasteiger partial charge in [-0.3, -0.25) is 0 Å². The molecule has 0 aliphatic rings. The molecule has 0 unspecified atom stereocenters. The van der Waals surface area contributed by atoms with Crippen molar-refractivity contribution in [3.05, 3.63) is 45.0 Å². The van der Waals surface area contributed by atoms with Gasteiger partial charge in [0.1, 0.15) is 0 Å². The number of carbonyl (C=O) groups is 1. The molecule has 0 saturated carbocycles. The summed E-state index contributed by atoms with van der Waals surface area (Å²) in [6.07, 6.45) is 1.34. The van der Waals surface area contributed by atoms with Gasteiger partial charge in [0, 0.05) is 16.8 Å². The standard InChI is InChI=1S/C13H8Cl3NO3/c1-20-12-10(7(13(18)19)2-3-17-12)11-8(15)4-6(14)5-9(11)16/h2-5H,1H3,(H,18,19). The Morgan fingerprint density at radius 2 is 1.80 bits per heavy atom. The molecule has 2 aromatic rings. The Hall–Kier alpha value is -1.49. The molecule has 0 saturated heterocycles. The number of carboxylic acids is 1. The van der Waals surface area contributed by atoms with E-state index in [-0.39, 0.29) is 27.1 Å². The normalized spacial score (nSPS) is 10.4. The van der Waals surface area contributed by atoms with Gasteiger partial charge in [0.05, 0.1) is 28.3 Å². The summed E-state index contributed by atoms with van der Waals surface area (Å²) in [5.74, 6) is -1.01. The summed E-state index contributed by atoms with van der Waals surface area (Å²) in [6, 6.07) is 4.30. The average molecular weight is 333 g/mol. The number of aromatic nitrogens is 1. The lowest BCUT2D eigenvalue weighted by molar-refractivity contribution is 0.0697. The zero-order valence-electron chi connectivity index (χ0n) is 10.2. The molecule has 7 heteroatoms. The Balaban J connectivity index is 2.84. The van der Waals surface area contributed by atoms with Crippen molar-refractivity contribution in [3.63, 3.8) is 0 Å². The topological polar surface area (TPSA) is 59.4 Å². The number of ether oxygens (including phenoxy) is 1. The molecule has 1 aromatic carbocycles. The fourth-order valence-electron chi connectivity index (χ4n) is 1.80. The molecular formula is C13H8Cl3NO3. The van der Waals surface area contributed by atoms with Crippen LogP contribution in [0.3, 0.4) is 0 Å². The number of halogens is 3. The van der Waals surface area contributed by atoms with Gasteiger partial charge in [-0.2, -0.15) is 0 Å². The van der Waals surface area contributed by atoms with E-state index in [1.807, 2.05) is 0 Å². The molecule has 104 valence electrons. The molecule has 0 atom stereocenters. The maximum absolute atomic E-state index is 11.4. The Morgan fingerprint density at radius 1 is 1.20 bits per heavy atom. The van der Waals surface area contributed by atoms with Crippen LogP contribution in [0.2, 0.25) is 15.1 Å². The van der Waals surface area contributed by atoms with Crippen LogP contribution < -0.4 is 4.74 Å². The van der Waals surface area contributed by atoms with Crippen molar-refractivity contribution < 1.29 is 14.6 Å². The highest BCUT2D eigenvalue weighted by molar-refractivity contribution is 6.42. The Morgan fingerprint density at radius 3 is 2.30 bits per heavy atom. The van der Waals surface area contributed by atoms with Crippen LogP contribution in [0.5, 0.6) is 5.88 Å². The summed E-state index contributed by atoms with van der Waals surface area (Å²) in [5, 5.41) is 10.1. The number of pyridine rings is 1. The SMILES string of the molecule is COc1nccc(C(=O)O)c1-c1c(Cl)cc(Cl)cc1Cl. The minimum absolute atomic E-state index is 0.0111. The van der Waals surface area contributed by atoms with E-state index >= 15 is 0 Å². The van der Waals surface area contributed by atoms with E-state index in [9.17, 15) is 9.90 Å². The number of benzene rings is 1. The second-order valence-electron chi connectivity index (χ2n) is 3.79. The second-order valence-corrected chi connectivity index (χ2v) is 5.04. The number of nitrogens with zero attached hydrogens (tertiary/aromatic N) is 1. The third kappa shape index (κ3) is 2.68. The van der Waals surface area contributed by atoms with Crippen LogP contribution >= 0.6 is 34.8 Å². The number of carboxylic acid groups (broad SMARTS) is 1. The van der Waals surface area contributed by atoms with E-state index in [1.54, 1.807) is 0 Å². The van der Waals surface area contributed by atoms with Crippen LogP contribution in [0.25, 0.3) is 11.1 Å². The molecule has 1 aromatic heterocycles. The molecule has 0 bridgehead atoms. The van der Waals surface area contributed by atoms with Gasteiger partial charge >= 0.3 is 5.97 Å². The maximum Gasteiger partial charge on any atom is 0.336 e. The van der Waals surface area contributed by atoms with Gasteiger partial charge in [-0.25, -0.2) is 9.78 Å². The lowest BCUT2D eigenvalue weighted by atomic mass is 10.0. The van der Waals surface area contributed by atoms with Crippen LogP contribution in [0.15, 0.2) is 24.4 Å². The van der Waals surface area contributed by atoms with E-state index in [1.165, 1.54) is 31.5 Å². The number of rotatable bonds is 3. The van der Waals surface area contributed by atoms with Crippen LogP contribution in [0, 0.1) is 0 Å². The Bertz CT molecular complexity index is 666. The monoisotopic (exact) mass is 331 g/mol. The smallest absolute Gasteiger partial charge is 0.336 e. The summed E-state index contributed by atoms with van der Waals surface area (Å²) in [6.45, 7) is 0. The lowest BCUT2D eigenvalue weighted by Gasteiger charge is -2.13. The number of aromatic carboxylic acids is 1. The molecule has 20 heavy (non-hydrogen) atoms. The van der Waals surface area contributed by atoms with E-state index in [0.29, 0.717) is 10.6 Å². The third-order valence-electron chi connectivity index (χ3n) is 2.60. The molecule has 0 amide bonds. The predicted octanol–water partition coefficient (Wildman–Crippen LogP) is 4.42. The van der Waals surface area contributed by atoms with Gasteiger partial charge in [0.25, 0.3) is 0 Å². The molecule has 0 fully saturated rings. The summed E-state index contributed by atoms with van der Waals surface area (Å²) in [5.41, 5.74) is 0.525. The molecule has 2 rings (SSSR count). The predicted molar refractivity (Wildman–Crippen MR) is 78.2 cm³/mol. The van der Waals surface area contributed by atoms with E-state index in [2.05, 4.69) is 4.98 Å². The van der Waals surface area contributed by atoms with Gasteiger partial charge in [-0.1, -0.05) is 34.8 Å². The molecule has 0 aliphatic heterocycles. The minimum Gasteiger partial charge on any atom is -0.481 e. The fraction of sp³-hybridized carbons (Fsp3) is 0.0769. The number of hydrogen-bond donors (Lipinski definition) is 1. The highest BCUT2D eigenvalue weighted by Gasteiger charge is 2.22. The average Bonchev–Trinajstić information content (AvgIpc) is 2.37. The van der Waals surface area contributed by atoms with Crippen LogP contribution in [-0.2, 0) is 0 Å². The van der Waals surface area contributed by atoms with Crippen molar-refractivity contribution in [2.75, 3.05) is 7.11 Å². The molecule has 1 N–H and O–H groups in total. The zero-order chi connectivity index (χ0) is 14.9. The summed E-state index contributed by atoms with van der Waals surface area (Å²) in [4.78, 5) is 15.3. The quantitative estimate of drug-likeness (QED) is 0.904. The summed E-state index contributed by atoms with van der Waals surface area (Å²) >= 11 is 18.1. The minimum atomic E-state index is -1.14. The van der Waals surface area contributed by atoms with E-state index in [4.69, 9.17) is 39.5 Å².